The number of rotatable bonds is 3. The van der Waals surface area contributed by atoms with Crippen LogP contribution in [0.1, 0.15) is 32.8 Å². The van der Waals surface area contributed by atoms with E-state index in [1.807, 2.05) is 55.1 Å². The molecule has 152 valence electrons. The van der Waals surface area contributed by atoms with E-state index in [0.717, 1.165) is 27.9 Å². The third-order valence-electron chi connectivity index (χ3n) is 5.75. The number of carbonyl (C=O) groups is 2. The van der Waals surface area contributed by atoms with E-state index < -0.39 is 4.87 Å². The number of carbonyl (C=O) groups excluding carboxylic acids is 2. The van der Waals surface area contributed by atoms with E-state index in [-0.39, 0.29) is 17.6 Å². The molecule has 1 spiro atoms. The maximum atomic E-state index is 14.0. The molecule has 2 aliphatic heterocycles. The minimum absolute atomic E-state index is 0.0630. The lowest BCUT2D eigenvalue weighted by Crippen LogP contribution is -2.50. The normalized spacial score (nSPS) is 20.3. The summed E-state index contributed by atoms with van der Waals surface area (Å²) < 4.78 is 5.37. The highest BCUT2D eigenvalue weighted by Gasteiger charge is 2.59. The molecule has 1 fully saturated rings. The van der Waals surface area contributed by atoms with E-state index in [0.29, 0.717) is 18.8 Å². The lowest BCUT2D eigenvalue weighted by atomic mass is 10.0. The SMILES string of the molecule is Cc1cccc(CN2C(=O)C3(SCCN3C(=O)c3ccco3)c3cc(C)ccc32)c1. The molecule has 6 heteroatoms. The molecule has 0 N–H and O–H groups in total. The van der Waals surface area contributed by atoms with Crippen molar-refractivity contribution < 1.29 is 14.0 Å². The van der Waals surface area contributed by atoms with E-state index >= 15 is 0 Å². The Balaban J connectivity index is 1.61. The molecule has 0 bridgehead atoms. The molecule has 3 heterocycles. The van der Waals surface area contributed by atoms with Crippen molar-refractivity contribution in [2.75, 3.05) is 17.2 Å². The van der Waals surface area contributed by atoms with Gasteiger partial charge in [-0.05, 0) is 37.6 Å². The predicted molar refractivity (Wildman–Crippen MR) is 117 cm³/mol. The highest BCUT2D eigenvalue weighted by atomic mass is 32.2. The van der Waals surface area contributed by atoms with Gasteiger partial charge in [0, 0.05) is 17.9 Å². The lowest BCUT2D eigenvalue weighted by Gasteiger charge is -2.32. The molecule has 1 atom stereocenters. The number of anilines is 1. The standard InChI is InChI=1S/C24H22N2O3S/c1-16-5-3-6-18(13-16)15-25-20-9-8-17(2)14-19(20)24(23(25)28)26(10-12-30-24)22(27)21-7-4-11-29-21/h3-9,11,13-14H,10,12,15H2,1-2H3. The van der Waals surface area contributed by atoms with Crippen molar-refractivity contribution in [2.45, 2.75) is 25.3 Å². The summed E-state index contributed by atoms with van der Waals surface area (Å²) in [7, 11) is 0. The van der Waals surface area contributed by atoms with Crippen LogP contribution in [0.2, 0.25) is 0 Å². The van der Waals surface area contributed by atoms with Crippen molar-refractivity contribution in [3.8, 4) is 0 Å². The van der Waals surface area contributed by atoms with E-state index in [2.05, 4.69) is 6.07 Å². The first kappa shape index (κ1) is 19.0. The Morgan fingerprint density at radius 3 is 2.70 bits per heavy atom. The molecular formula is C24H22N2O3S. The van der Waals surface area contributed by atoms with Crippen molar-refractivity contribution in [1.82, 2.24) is 4.90 Å². The predicted octanol–water partition coefficient (Wildman–Crippen LogP) is 4.49. The van der Waals surface area contributed by atoms with Gasteiger partial charge in [-0.2, -0.15) is 0 Å². The highest BCUT2D eigenvalue weighted by Crippen LogP contribution is 2.55. The molecule has 2 aromatic carbocycles. The van der Waals surface area contributed by atoms with E-state index in [4.69, 9.17) is 4.42 Å². The number of hydrogen-bond acceptors (Lipinski definition) is 4. The van der Waals surface area contributed by atoms with Crippen molar-refractivity contribution in [2.24, 2.45) is 0 Å². The summed E-state index contributed by atoms with van der Waals surface area (Å²) >= 11 is 1.54. The second-order valence-corrected chi connectivity index (χ2v) is 9.12. The minimum Gasteiger partial charge on any atom is -0.459 e. The van der Waals surface area contributed by atoms with E-state index in [1.54, 1.807) is 17.0 Å². The smallest absolute Gasteiger partial charge is 0.291 e. The van der Waals surface area contributed by atoms with Crippen molar-refractivity contribution in [1.29, 1.82) is 0 Å². The Labute approximate surface area is 179 Å². The quantitative estimate of drug-likeness (QED) is 0.629. The third kappa shape index (κ3) is 2.78. The molecule has 0 aliphatic carbocycles. The third-order valence-corrected chi connectivity index (χ3v) is 7.17. The van der Waals surface area contributed by atoms with Crippen LogP contribution >= 0.6 is 11.8 Å². The maximum Gasteiger partial charge on any atom is 0.291 e. The Hall–Kier alpha value is -2.99. The summed E-state index contributed by atoms with van der Waals surface area (Å²) in [6.45, 7) is 5.04. The molecular weight excluding hydrogens is 396 g/mol. The van der Waals surface area contributed by atoms with Crippen LogP contribution < -0.4 is 4.90 Å². The number of benzene rings is 2. The number of amides is 2. The fraction of sp³-hybridized carbons (Fsp3) is 0.250. The van der Waals surface area contributed by atoms with Crippen molar-refractivity contribution in [3.05, 3.63) is 88.9 Å². The van der Waals surface area contributed by atoms with Gasteiger partial charge in [-0.25, -0.2) is 0 Å². The van der Waals surface area contributed by atoms with Crippen LogP contribution in [-0.2, 0) is 16.2 Å². The zero-order valence-corrected chi connectivity index (χ0v) is 17.7. The van der Waals surface area contributed by atoms with Gasteiger partial charge in [-0.1, -0.05) is 47.5 Å². The van der Waals surface area contributed by atoms with Crippen LogP contribution in [0.5, 0.6) is 0 Å². The van der Waals surface area contributed by atoms with Gasteiger partial charge in [-0.3, -0.25) is 9.59 Å². The summed E-state index contributed by atoms with van der Waals surface area (Å²) in [5, 5.41) is 0. The Morgan fingerprint density at radius 1 is 1.10 bits per heavy atom. The molecule has 1 aromatic heterocycles. The average molecular weight is 419 g/mol. The molecule has 1 unspecified atom stereocenters. The zero-order valence-electron chi connectivity index (χ0n) is 16.9. The number of thioether (sulfide) groups is 1. The number of aryl methyl sites for hydroxylation is 2. The number of hydrogen-bond donors (Lipinski definition) is 0. The van der Waals surface area contributed by atoms with Gasteiger partial charge in [0.2, 0.25) is 0 Å². The molecule has 0 radical (unpaired) electrons. The molecule has 1 saturated heterocycles. The van der Waals surface area contributed by atoms with Crippen LogP contribution in [0.3, 0.4) is 0 Å². The molecule has 0 saturated carbocycles. The summed E-state index contributed by atoms with van der Waals surface area (Å²) in [4.78, 5) is 29.7. The van der Waals surface area contributed by atoms with Gasteiger partial charge in [-0.15, -0.1) is 11.8 Å². The maximum absolute atomic E-state index is 14.0. The number of fused-ring (bicyclic) bond motifs is 2. The number of furan rings is 1. The summed E-state index contributed by atoms with van der Waals surface area (Å²) in [6.07, 6.45) is 1.49. The first-order chi connectivity index (χ1) is 14.5. The highest BCUT2D eigenvalue weighted by molar-refractivity contribution is 8.01. The van der Waals surface area contributed by atoms with Crippen LogP contribution in [0.4, 0.5) is 5.69 Å². The van der Waals surface area contributed by atoms with Crippen molar-refractivity contribution in [3.63, 3.8) is 0 Å². The first-order valence-corrected chi connectivity index (χ1v) is 11.0. The van der Waals surface area contributed by atoms with Crippen LogP contribution in [0, 0.1) is 13.8 Å². The largest absolute Gasteiger partial charge is 0.459 e. The van der Waals surface area contributed by atoms with Gasteiger partial charge in [0.15, 0.2) is 10.6 Å². The topological polar surface area (TPSA) is 53.8 Å². The van der Waals surface area contributed by atoms with Crippen LogP contribution in [0.25, 0.3) is 0 Å². The lowest BCUT2D eigenvalue weighted by molar-refractivity contribution is -0.123. The summed E-state index contributed by atoms with van der Waals surface area (Å²) in [5.41, 5.74) is 5.05. The first-order valence-electron chi connectivity index (χ1n) is 9.99. The van der Waals surface area contributed by atoms with Gasteiger partial charge in [0.05, 0.1) is 18.5 Å². The Bertz CT molecular complexity index is 1140. The zero-order chi connectivity index (χ0) is 20.9. The molecule has 5 nitrogen and oxygen atoms in total. The molecule has 2 aliphatic rings. The average Bonchev–Trinajstić information content (AvgIpc) is 3.45. The van der Waals surface area contributed by atoms with Gasteiger partial charge in [0.1, 0.15) is 0 Å². The van der Waals surface area contributed by atoms with Crippen LogP contribution in [-0.4, -0.2) is 29.0 Å². The Morgan fingerprint density at radius 2 is 1.93 bits per heavy atom. The molecule has 30 heavy (non-hydrogen) atoms. The molecule has 5 rings (SSSR count). The fourth-order valence-electron chi connectivity index (χ4n) is 4.41. The van der Waals surface area contributed by atoms with E-state index in [1.165, 1.54) is 18.0 Å². The van der Waals surface area contributed by atoms with Gasteiger partial charge in [0.25, 0.3) is 11.8 Å². The summed E-state index contributed by atoms with van der Waals surface area (Å²) in [5.74, 6) is 0.648. The summed E-state index contributed by atoms with van der Waals surface area (Å²) in [6, 6.07) is 17.6. The second-order valence-electron chi connectivity index (χ2n) is 7.83. The molecule has 3 aromatic rings. The minimum atomic E-state index is -1.05. The monoisotopic (exact) mass is 418 g/mol. The van der Waals surface area contributed by atoms with Gasteiger partial charge >= 0.3 is 0 Å². The molecule has 2 amide bonds. The van der Waals surface area contributed by atoms with E-state index in [9.17, 15) is 9.59 Å². The van der Waals surface area contributed by atoms with Crippen molar-refractivity contribution >= 4 is 29.3 Å². The van der Waals surface area contributed by atoms with Gasteiger partial charge < -0.3 is 14.2 Å². The second kappa shape index (κ2) is 7.06. The number of nitrogens with zero attached hydrogens (tertiary/aromatic N) is 2. The van der Waals surface area contributed by atoms with Crippen LogP contribution in [0.15, 0.2) is 65.3 Å². The Kier molecular flexibility index (Phi) is 4.47. The fourth-order valence-corrected chi connectivity index (χ4v) is 5.86.